The summed E-state index contributed by atoms with van der Waals surface area (Å²) in [7, 11) is -0.444. The largest absolute Gasteiger partial charge is 0.491 e. The molecule has 0 fully saturated rings. The van der Waals surface area contributed by atoms with E-state index < -0.39 is 12.9 Å². The van der Waals surface area contributed by atoms with Gasteiger partial charge in [-0.05, 0) is 6.07 Å². The number of halogens is 2. The Morgan fingerprint density at radius 3 is 2.64 bits per heavy atom. The molecule has 3 nitrogen and oxygen atoms in total. The monoisotopic (exact) mass is 218 g/mol. The zero-order valence-electron chi connectivity index (χ0n) is 7.50. The Bertz CT molecular complexity index is 333. The normalized spacial score (nSPS) is 10.4. The third-order valence-corrected chi connectivity index (χ3v) is 2.14. The van der Waals surface area contributed by atoms with Crippen molar-refractivity contribution in [2.75, 3.05) is 7.11 Å². The number of hydrogen-bond donors (Lipinski definition) is 2. The molecule has 0 saturated heterocycles. The van der Waals surface area contributed by atoms with Crippen molar-refractivity contribution in [3.05, 3.63) is 28.5 Å². The van der Waals surface area contributed by atoms with E-state index in [4.69, 9.17) is 26.4 Å². The van der Waals surface area contributed by atoms with Crippen molar-refractivity contribution in [1.82, 2.24) is 0 Å². The van der Waals surface area contributed by atoms with Crippen LogP contribution >= 0.6 is 11.6 Å². The lowest BCUT2D eigenvalue weighted by Gasteiger charge is -2.08. The summed E-state index contributed by atoms with van der Waals surface area (Å²) in [5.41, 5.74) is -0.0822. The molecule has 0 aliphatic carbocycles. The van der Waals surface area contributed by atoms with Gasteiger partial charge in [0.05, 0.1) is 6.61 Å². The van der Waals surface area contributed by atoms with E-state index in [1.54, 1.807) is 0 Å². The second-order valence-corrected chi connectivity index (χ2v) is 3.14. The fraction of sp³-hybridized carbons (Fsp3) is 0.250. The van der Waals surface area contributed by atoms with Gasteiger partial charge in [0.15, 0.2) is 0 Å². The van der Waals surface area contributed by atoms with Crippen molar-refractivity contribution in [1.29, 1.82) is 0 Å². The maximum absolute atomic E-state index is 13.5. The fourth-order valence-corrected chi connectivity index (χ4v) is 1.29. The standard InChI is InChI=1S/C8H9BClFO3/c1-14-4-5-7(10)3-2-6(8(5)11)9(12)13/h2-3,12-13H,4H2,1H3. The van der Waals surface area contributed by atoms with E-state index in [1.807, 2.05) is 0 Å². The molecule has 0 aromatic heterocycles. The molecule has 0 atom stereocenters. The first-order valence-corrected chi connectivity index (χ1v) is 4.27. The minimum atomic E-state index is -1.84. The zero-order chi connectivity index (χ0) is 10.7. The highest BCUT2D eigenvalue weighted by Gasteiger charge is 2.20. The van der Waals surface area contributed by atoms with E-state index in [2.05, 4.69) is 0 Å². The van der Waals surface area contributed by atoms with Gasteiger partial charge in [-0.25, -0.2) is 4.39 Å². The number of benzene rings is 1. The molecule has 0 bridgehead atoms. The molecule has 2 N–H and O–H groups in total. The first kappa shape index (κ1) is 11.5. The minimum absolute atomic E-state index is 0.00870. The highest BCUT2D eigenvalue weighted by Crippen LogP contribution is 2.18. The Balaban J connectivity index is 3.19. The third-order valence-electron chi connectivity index (χ3n) is 1.78. The van der Waals surface area contributed by atoms with Crippen LogP contribution in [0.2, 0.25) is 5.02 Å². The summed E-state index contributed by atoms with van der Waals surface area (Å²) in [6.45, 7) is -0.00870. The van der Waals surface area contributed by atoms with E-state index in [0.29, 0.717) is 0 Å². The van der Waals surface area contributed by atoms with Gasteiger partial charge in [0, 0.05) is 23.2 Å². The van der Waals surface area contributed by atoms with E-state index in [0.717, 1.165) is 0 Å². The molecular weight excluding hydrogens is 209 g/mol. The first-order valence-electron chi connectivity index (χ1n) is 3.89. The van der Waals surface area contributed by atoms with Gasteiger partial charge in [-0.1, -0.05) is 17.7 Å². The highest BCUT2D eigenvalue weighted by molar-refractivity contribution is 6.58. The van der Waals surface area contributed by atoms with E-state index in [1.165, 1.54) is 19.2 Å². The van der Waals surface area contributed by atoms with Gasteiger partial charge in [-0.2, -0.15) is 0 Å². The maximum atomic E-state index is 13.5. The zero-order valence-corrected chi connectivity index (χ0v) is 8.25. The van der Waals surface area contributed by atoms with Gasteiger partial charge in [0.1, 0.15) is 5.82 Å². The Labute approximate surface area is 86.2 Å². The van der Waals surface area contributed by atoms with Crippen LogP contribution < -0.4 is 5.46 Å². The summed E-state index contributed by atoms with van der Waals surface area (Å²) in [6.07, 6.45) is 0. The smallest absolute Gasteiger partial charge is 0.423 e. The molecule has 1 aromatic rings. The van der Waals surface area contributed by atoms with Gasteiger partial charge in [-0.15, -0.1) is 0 Å². The van der Waals surface area contributed by atoms with Crippen LogP contribution in [0.5, 0.6) is 0 Å². The lowest BCUT2D eigenvalue weighted by Crippen LogP contribution is -2.33. The first-order chi connectivity index (χ1) is 6.57. The number of rotatable bonds is 3. The summed E-state index contributed by atoms with van der Waals surface area (Å²) in [6, 6.07) is 2.62. The summed E-state index contributed by atoms with van der Waals surface area (Å²) < 4.78 is 18.2. The molecular formula is C8H9BClFO3. The minimum Gasteiger partial charge on any atom is -0.423 e. The lowest BCUT2D eigenvalue weighted by atomic mass is 9.79. The van der Waals surface area contributed by atoms with Gasteiger partial charge in [0.25, 0.3) is 0 Å². The molecule has 14 heavy (non-hydrogen) atoms. The van der Waals surface area contributed by atoms with Crippen LogP contribution in [0.3, 0.4) is 0 Å². The summed E-state index contributed by atoms with van der Waals surface area (Å²) in [5, 5.41) is 17.8. The van der Waals surface area contributed by atoms with Crippen LogP contribution in [0.4, 0.5) is 4.39 Å². The van der Waals surface area contributed by atoms with Crippen molar-refractivity contribution >= 4 is 24.2 Å². The Hall–Kier alpha value is -0.615. The molecule has 6 heteroatoms. The quantitative estimate of drug-likeness (QED) is 0.718. The molecule has 0 unspecified atom stereocenters. The van der Waals surface area contributed by atoms with Crippen LogP contribution in [-0.4, -0.2) is 24.3 Å². The number of hydrogen-bond acceptors (Lipinski definition) is 3. The maximum Gasteiger partial charge on any atom is 0.491 e. The summed E-state index contributed by atoms with van der Waals surface area (Å²) in [5.74, 6) is -0.741. The second-order valence-electron chi connectivity index (χ2n) is 2.74. The topological polar surface area (TPSA) is 49.7 Å². The predicted octanol–water partition coefficient (Wildman–Crippen LogP) is 0.305. The second kappa shape index (κ2) is 4.75. The number of ether oxygens (including phenoxy) is 1. The third kappa shape index (κ3) is 2.25. The van der Waals surface area contributed by atoms with E-state index >= 15 is 0 Å². The molecule has 0 spiro atoms. The summed E-state index contributed by atoms with van der Waals surface area (Å²) >= 11 is 5.70. The van der Waals surface area contributed by atoms with Crippen molar-refractivity contribution < 1.29 is 19.2 Å². The molecule has 1 rings (SSSR count). The SMILES string of the molecule is COCc1c(Cl)ccc(B(O)O)c1F. The Kier molecular flexibility index (Phi) is 3.89. The molecule has 1 aromatic carbocycles. The Morgan fingerprint density at radius 1 is 1.50 bits per heavy atom. The van der Waals surface area contributed by atoms with E-state index in [-0.39, 0.29) is 22.7 Å². The van der Waals surface area contributed by atoms with Crippen molar-refractivity contribution in [3.8, 4) is 0 Å². The highest BCUT2D eigenvalue weighted by atomic mass is 35.5. The van der Waals surface area contributed by atoms with Gasteiger partial charge in [0.2, 0.25) is 0 Å². The average molecular weight is 218 g/mol. The predicted molar refractivity (Wildman–Crippen MR) is 51.9 cm³/mol. The van der Waals surface area contributed by atoms with Crippen LogP contribution in [0.1, 0.15) is 5.56 Å². The fourth-order valence-electron chi connectivity index (χ4n) is 1.09. The molecule has 0 aliphatic heterocycles. The van der Waals surface area contributed by atoms with Gasteiger partial charge < -0.3 is 14.8 Å². The van der Waals surface area contributed by atoms with E-state index in [9.17, 15) is 4.39 Å². The van der Waals surface area contributed by atoms with Gasteiger partial charge >= 0.3 is 7.12 Å². The van der Waals surface area contributed by atoms with Gasteiger partial charge in [-0.3, -0.25) is 0 Å². The van der Waals surface area contributed by atoms with Crippen molar-refractivity contribution in [3.63, 3.8) is 0 Å². The number of methoxy groups -OCH3 is 1. The van der Waals surface area contributed by atoms with Crippen LogP contribution in [0.25, 0.3) is 0 Å². The molecule has 76 valence electrons. The molecule has 0 saturated carbocycles. The molecule has 0 radical (unpaired) electrons. The molecule has 0 amide bonds. The van der Waals surface area contributed by atoms with Crippen LogP contribution in [-0.2, 0) is 11.3 Å². The van der Waals surface area contributed by atoms with Crippen LogP contribution in [0.15, 0.2) is 12.1 Å². The average Bonchev–Trinajstić information content (AvgIpc) is 2.11. The lowest BCUT2D eigenvalue weighted by molar-refractivity contribution is 0.181. The van der Waals surface area contributed by atoms with Crippen molar-refractivity contribution in [2.24, 2.45) is 0 Å². The Morgan fingerprint density at radius 2 is 2.14 bits per heavy atom. The van der Waals surface area contributed by atoms with Crippen molar-refractivity contribution in [2.45, 2.75) is 6.61 Å². The van der Waals surface area contributed by atoms with Crippen LogP contribution in [0, 0.1) is 5.82 Å². The molecule has 0 aliphatic rings. The summed E-state index contributed by atoms with van der Waals surface area (Å²) in [4.78, 5) is 0. The molecule has 0 heterocycles.